The molecule has 0 N–H and O–H groups in total. The first-order valence-corrected chi connectivity index (χ1v) is 6.01. The van der Waals surface area contributed by atoms with Gasteiger partial charge in [0.25, 0.3) is 0 Å². The number of benzene rings is 2. The lowest BCUT2D eigenvalue weighted by atomic mass is 9.78. The molecule has 98 valence electrons. The van der Waals surface area contributed by atoms with Crippen LogP contribution in [0.25, 0.3) is 0 Å². The van der Waals surface area contributed by atoms with Crippen molar-refractivity contribution >= 4 is 6.29 Å². The lowest BCUT2D eigenvalue weighted by molar-refractivity contribution is -0.112. The van der Waals surface area contributed by atoms with Gasteiger partial charge in [-0.3, -0.25) is 0 Å². The van der Waals surface area contributed by atoms with E-state index in [9.17, 15) is 13.6 Å². The quantitative estimate of drug-likeness (QED) is 0.767. The summed E-state index contributed by atoms with van der Waals surface area (Å²) in [5.41, 5.74) is 0.192. The van der Waals surface area contributed by atoms with E-state index in [2.05, 4.69) is 0 Å². The molecule has 0 heterocycles. The second-order valence-corrected chi connectivity index (χ2v) is 4.82. The van der Waals surface area contributed by atoms with Crippen LogP contribution < -0.4 is 0 Å². The molecule has 0 fully saturated rings. The number of halogens is 2. The summed E-state index contributed by atoms with van der Waals surface area (Å²) in [7, 11) is 0. The topological polar surface area (TPSA) is 17.1 Å². The van der Waals surface area contributed by atoms with Gasteiger partial charge in [0.1, 0.15) is 17.9 Å². The number of aldehydes is 1. The van der Waals surface area contributed by atoms with Crippen molar-refractivity contribution in [3.63, 3.8) is 0 Å². The smallest absolute Gasteiger partial charge is 0.130 e. The van der Waals surface area contributed by atoms with E-state index in [1.807, 2.05) is 0 Å². The van der Waals surface area contributed by atoms with Gasteiger partial charge >= 0.3 is 0 Å². The molecule has 0 spiro atoms. The van der Waals surface area contributed by atoms with Crippen LogP contribution >= 0.6 is 0 Å². The molecule has 0 aliphatic carbocycles. The third kappa shape index (κ3) is 2.87. The Kier molecular flexibility index (Phi) is 3.74. The van der Waals surface area contributed by atoms with Crippen molar-refractivity contribution in [3.05, 3.63) is 71.3 Å². The Balaban J connectivity index is 2.35. The third-order valence-corrected chi connectivity index (χ3v) is 3.23. The fourth-order valence-electron chi connectivity index (χ4n) is 2.15. The van der Waals surface area contributed by atoms with Crippen molar-refractivity contribution in [3.8, 4) is 0 Å². The number of hydrogen-bond donors (Lipinski definition) is 0. The van der Waals surface area contributed by atoms with E-state index in [1.54, 1.807) is 37.3 Å². The zero-order valence-electron chi connectivity index (χ0n) is 10.6. The van der Waals surface area contributed by atoms with Crippen molar-refractivity contribution in [2.45, 2.75) is 18.8 Å². The minimum absolute atomic E-state index is 0.331. The highest BCUT2D eigenvalue weighted by Crippen LogP contribution is 2.28. The van der Waals surface area contributed by atoms with Gasteiger partial charge in [0, 0.05) is 5.56 Å². The first kappa shape index (κ1) is 13.4. The molecule has 19 heavy (non-hydrogen) atoms. The maximum atomic E-state index is 13.8. The van der Waals surface area contributed by atoms with E-state index < -0.39 is 11.2 Å². The summed E-state index contributed by atoms with van der Waals surface area (Å²) >= 11 is 0. The second kappa shape index (κ2) is 5.31. The molecule has 1 atom stereocenters. The summed E-state index contributed by atoms with van der Waals surface area (Å²) in [6.07, 6.45) is 1.08. The Morgan fingerprint density at radius 3 is 2.26 bits per heavy atom. The van der Waals surface area contributed by atoms with Gasteiger partial charge in [0.05, 0.1) is 5.41 Å². The molecular weight excluding hydrogens is 246 g/mol. The molecule has 2 aromatic rings. The van der Waals surface area contributed by atoms with Crippen LogP contribution in [-0.2, 0) is 16.6 Å². The van der Waals surface area contributed by atoms with Crippen LogP contribution in [0.3, 0.4) is 0 Å². The van der Waals surface area contributed by atoms with Crippen LogP contribution in [-0.4, -0.2) is 6.29 Å². The molecule has 0 bridgehead atoms. The Hall–Kier alpha value is -2.03. The van der Waals surface area contributed by atoms with Gasteiger partial charge in [-0.1, -0.05) is 30.3 Å². The fraction of sp³-hybridized carbons (Fsp3) is 0.188. The van der Waals surface area contributed by atoms with E-state index in [1.165, 1.54) is 18.2 Å². The summed E-state index contributed by atoms with van der Waals surface area (Å²) in [6, 6.07) is 12.1. The van der Waals surface area contributed by atoms with Crippen molar-refractivity contribution in [1.82, 2.24) is 0 Å². The van der Waals surface area contributed by atoms with Gasteiger partial charge in [0.15, 0.2) is 0 Å². The van der Waals surface area contributed by atoms with Crippen LogP contribution in [0.1, 0.15) is 18.1 Å². The van der Waals surface area contributed by atoms with E-state index in [0.717, 1.165) is 11.8 Å². The molecule has 2 rings (SSSR count). The number of carbonyl (C=O) groups excluding carboxylic acids is 1. The molecule has 1 nitrogen and oxygen atoms in total. The van der Waals surface area contributed by atoms with Gasteiger partial charge in [0.2, 0.25) is 0 Å². The highest BCUT2D eigenvalue weighted by atomic mass is 19.1. The molecule has 0 saturated heterocycles. The van der Waals surface area contributed by atoms with Gasteiger partial charge < -0.3 is 4.79 Å². The van der Waals surface area contributed by atoms with Gasteiger partial charge in [-0.05, 0) is 37.1 Å². The van der Waals surface area contributed by atoms with Gasteiger partial charge in [-0.2, -0.15) is 0 Å². The Labute approximate surface area is 110 Å². The standard InChI is InChI=1S/C16H14F2O/c1-16(11-19,14-4-2-3-5-15(14)18)10-12-6-8-13(17)9-7-12/h2-9,11H,10H2,1H3. The van der Waals surface area contributed by atoms with Crippen molar-refractivity contribution in [2.75, 3.05) is 0 Å². The second-order valence-electron chi connectivity index (χ2n) is 4.82. The predicted octanol–water partition coefficient (Wildman–Crippen LogP) is 3.66. The molecule has 0 aliphatic rings. The van der Waals surface area contributed by atoms with Crippen molar-refractivity contribution in [1.29, 1.82) is 0 Å². The van der Waals surface area contributed by atoms with Crippen LogP contribution in [0.2, 0.25) is 0 Å². The average molecular weight is 260 g/mol. The lowest BCUT2D eigenvalue weighted by Gasteiger charge is -2.24. The average Bonchev–Trinajstić information content (AvgIpc) is 2.42. The van der Waals surface area contributed by atoms with Crippen molar-refractivity contribution in [2.24, 2.45) is 0 Å². The van der Waals surface area contributed by atoms with E-state index in [4.69, 9.17) is 0 Å². The van der Waals surface area contributed by atoms with E-state index >= 15 is 0 Å². The number of hydrogen-bond acceptors (Lipinski definition) is 1. The predicted molar refractivity (Wildman–Crippen MR) is 69.9 cm³/mol. The molecule has 0 aliphatic heterocycles. The monoisotopic (exact) mass is 260 g/mol. The van der Waals surface area contributed by atoms with Crippen LogP contribution in [0.15, 0.2) is 48.5 Å². The molecule has 3 heteroatoms. The molecule has 1 unspecified atom stereocenters. The normalized spacial score (nSPS) is 13.8. The highest BCUT2D eigenvalue weighted by Gasteiger charge is 2.29. The van der Waals surface area contributed by atoms with E-state index in [-0.39, 0.29) is 5.82 Å². The zero-order chi connectivity index (χ0) is 13.9. The zero-order valence-corrected chi connectivity index (χ0v) is 10.6. The highest BCUT2D eigenvalue weighted by molar-refractivity contribution is 5.68. The van der Waals surface area contributed by atoms with Crippen LogP contribution in [0, 0.1) is 11.6 Å². The van der Waals surface area contributed by atoms with Crippen molar-refractivity contribution < 1.29 is 13.6 Å². The maximum Gasteiger partial charge on any atom is 0.130 e. The third-order valence-electron chi connectivity index (χ3n) is 3.23. The summed E-state index contributed by atoms with van der Waals surface area (Å²) < 4.78 is 26.7. The van der Waals surface area contributed by atoms with Crippen LogP contribution in [0.5, 0.6) is 0 Å². The number of rotatable bonds is 4. The summed E-state index contributed by atoms with van der Waals surface area (Å²) in [6.45, 7) is 1.68. The molecule has 0 radical (unpaired) electrons. The minimum Gasteiger partial charge on any atom is -0.302 e. The van der Waals surface area contributed by atoms with E-state index in [0.29, 0.717) is 12.0 Å². The maximum absolute atomic E-state index is 13.8. The molecular formula is C16H14F2O. The first-order chi connectivity index (χ1) is 9.05. The Morgan fingerprint density at radius 2 is 1.68 bits per heavy atom. The van der Waals surface area contributed by atoms with Crippen LogP contribution in [0.4, 0.5) is 8.78 Å². The number of carbonyl (C=O) groups is 1. The SMILES string of the molecule is CC(C=O)(Cc1ccc(F)cc1)c1ccccc1F. The minimum atomic E-state index is -0.955. The fourth-order valence-corrected chi connectivity index (χ4v) is 2.15. The summed E-state index contributed by atoms with van der Waals surface area (Å²) in [4.78, 5) is 11.4. The molecule has 0 aromatic heterocycles. The Bertz CT molecular complexity index is 578. The largest absolute Gasteiger partial charge is 0.302 e. The molecule has 0 saturated carbocycles. The van der Waals surface area contributed by atoms with Gasteiger partial charge in [-0.25, -0.2) is 8.78 Å². The summed E-state index contributed by atoms with van der Waals surface area (Å²) in [5, 5.41) is 0. The summed E-state index contributed by atoms with van der Waals surface area (Å²) in [5.74, 6) is -0.735. The molecule has 2 aromatic carbocycles. The first-order valence-electron chi connectivity index (χ1n) is 6.01. The molecule has 0 amide bonds. The van der Waals surface area contributed by atoms with Gasteiger partial charge in [-0.15, -0.1) is 0 Å². The Morgan fingerprint density at radius 1 is 1.05 bits per heavy atom. The lowest BCUT2D eigenvalue weighted by Crippen LogP contribution is -2.28.